The van der Waals surface area contributed by atoms with E-state index in [9.17, 15) is 9.59 Å². The zero-order valence-electron chi connectivity index (χ0n) is 16.5. The Morgan fingerprint density at radius 2 is 1.89 bits per heavy atom. The van der Waals surface area contributed by atoms with Gasteiger partial charge in [-0.15, -0.1) is 0 Å². The summed E-state index contributed by atoms with van der Waals surface area (Å²) in [4.78, 5) is 24.1. The van der Waals surface area contributed by atoms with Gasteiger partial charge in [-0.25, -0.2) is 9.59 Å². The number of esters is 2. The fourth-order valence-electron chi connectivity index (χ4n) is 5.90. The minimum Gasteiger partial charge on any atom is -0.459 e. The van der Waals surface area contributed by atoms with Gasteiger partial charge in [0.2, 0.25) is 0 Å². The van der Waals surface area contributed by atoms with Crippen molar-refractivity contribution in [1.29, 1.82) is 0 Å². The van der Waals surface area contributed by atoms with Gasteiger partial charge >= 0.3 is 11.9 Å². The van der Waals surface area contributed by atoms with E-state index in [0.29, 0.717) is 35.9 Å². The minimum absolute atomic E-state index is 0.0133. The lowest BCUT2D eigenvalue weighted by Gasteiger charge is -2.32. The second-order valence-corrected chi connectivity index (χ2v) is 8.78. The highest BCUT2D eigenvalue weighted by Gasteiger charge is 2.67. The number of epoxide rings is 1. The standard InChI is InChI=1S/C22H32O5/c1-3-5-6-7-14(4-2)25-19(23)8-9-20(24)26-17-11-13-10-15(17)16-12-18-22(27-18)21(13)16/h8-9,13-18,21-22H,3-7,10-12H2,1-2H3/b9-8-. The number of carbonyl (C=O) groups is 2. The van der Waals surface area contributed by atoms with Crippen LogP contribution >= 0.6 is 0 Å². The Kier molecular flexibility index (Phi) is 5.58. The lowest BCUT2D eigenvalue weighted by atomic mass is 9.79. The van der Waals surface area contributed by atoms with Gasteiger partial charge in [-0.05, 0) is 62.2 Å². The molecule has 27 heavy (non-hydrogen) atoms. The van der Waals surface area contributed by atoms with Gasteiger partial charge in [0, 0.05) is 12.2 Å². The van der Waals surface area contributed by atoms with E-state index in [-0.39, 0.29) is 12.2 Å². The Bertz CT molecular complexity index is 600. The van der Waals surface area contributed by atoms with E-state index in [4.69, 9.17) is 14.2 Å². The van der Waals surface area contributed by atoms with Gasteiger partial charge in [0.25, 0.3) is 0 Å². The minimum atomic E-state index is -0.448. The molecule has 4 fully saturated rings. The Morgan fingerprint density at radius 3 is 2.67 bits per heavy atom. The largest absolute Gasteiger partial charge is 0.459 e. The summed E-state index contributed by atoms with van der Waals surface area (Å²) in [5, 5.41) is 0. The van der Waals surface area contributed by atoms with Gasteiger partial charge in [-0.2, -0.15) is 0 Å². The summed E-state index contributed by atoms with van der Waals surface area (Å²) < 4.78 is 16.8. The van der Waals surface area contributed by atoms with Crippen molar-refractivity contribution < 1.29 is 23.8 Å². The van der Waals surface area contributed by atoms with Crippen LogP contribution in [0.3, 0.4) is 0 Å². The molecular formula is C22H32O5. The van der Waals surface area contributed by atoms with Gasteiger partial charge in [0.05, 0.1) is 12.2 Å². The summed E-state index contributed by atoms with van der Waals surface area (Å²) in [5.74, 6) is 1.66. The summed E-state index contributed by atoms with van der Waals surface area (Å²) >= 11 is 0. The summed E-state index contributed by atoms with van der Waals surface area (Å²) in [6.07, 6.45) is 11.7. The van der Waals surface area contributed by atoms with Crippen LogP contribution in [0.1, 0.15) is 65.2 Å². The molecule has 3 aliphatic carbocycles. The predicted molar refractivity (Wildman–Crippen MR) is 99.8 cm³/mol. The number of rotatable bonds is 9. The molecule has 0 aromatic rings. The van der Waals surface area contributed by atoms with Crippen molar-refractivity contribution in [2.45, 2.75) is 89.6 Å². The number of unbranched alkanes of at least 4 members (excludes halogenated alkanes) is 2. The molecule has 3 saturated carbocycles. The molecule has 0 aromatic heterocycles. The normalized spacial score (nSPS) is 39.3. The fourth-order valence-corrected chi connectivity index (χ4v) is 5.90. The molecule has 150 valence electrons. The number of fused-ring (bicyclic) bond motifs is 7. The van der Waals surface area contributed by atoms with Gasteiger partial charge in [-0.3, -0.25) is 0 Å². The number of carbonyl (C=O) groups excluding carboxylic acids is 2. The third-order valence-electron chi connectivity index (χ3n) is 7.17. The Morgan fingerprint density at radius 1 is 1.07 bits per heavy atom. The maximum Gasteiger partial charge on any atom is 0.331 e. The predicted octanol–water partition coefficient (Wildman–Crippen LogP) is 3.80. The van der Waals surface area contributed by atoms with Crippen LogP contribution in [0, 0.1) is 23.7 Å². The Hall–Kier alpha value is -1.36. The third kappa shape index (κ3) is 3.94. The molecule has 1 aliphatic heterocycles. The highest BCUT2D eigenvalue weighted by atomic mass is 16.6. The highest BCUT2D eigenvalue weighted by Crippen LogP contribution is 2.64. The quantitative estimate of drug-likeness (QED) is 0.265. The van der Waals surface area contributed by atoms with Crippen LogP contribution in [-0.2, 0) is 23.8 Å². The maximum absolute atomic E-state index is 12.2. The smallest absolute Gasteiger partial charge is 0.331 e. The molecule has 0 spiro atoms. The van der Waals surface area contributed by atoms with Crippen LogP contribution in [0.5, 0.6) is 0 Å². The molecule has 0 radical (unpaired) electrons. The molecule has 4 rings (SSSR count). The van der Waals surface area contributed by atoms with Crippen molar-refractivity contribution in [3.05, 3.63) is 12.2 Å². The van der Waals surface area contributed by atoms with Crippen molar-refractivity contribution in [1.82, 2.24) is 0 Å². The molecule has 0 N–H and O–H groups in total. The zero-order chi connectivity index (χ0) is 19.0. The van der Waals surface area contributed by atoms with Crippen LogP contribution in [0.15, 0.2) is 12.2 Å². The first kappa shape index (κ1) is 19.0. The first-order valence-corrected chi connectivity index (χ1v) is 10.9. The second kappa shape index (κ2) is 7.94. The number of hydrogen-bond donors (Lipinski definition) is 0. The van der Waals surface area contributed by atoms with Gasteiger partial charge in [-0.1, -0.05) is 26.7 Å². The van der Waals surface area contributed by atoms with E-state index in [0.717, 1.165) is 44.9 Å². The molecule has 5 nitrogen and oxygen atoms in total. The van der Waals surface area contributed by atoms with E-state index >= 15 is 0 Å². The van der Waals surface area contributed by atoms with Crippen molar-refractivity contribution >= 4 is 11.9 Å². The molecule has 8 unspecified atom stereocenters. The van der Waals surface area contributed by atoms with Gasteiger partial charge in [0.1, 0.15) is 12.2 Å². The first-order chi connectivity index (χ1) is 13.1. The van der Waals surface area contributed by atoms with Crippen LogP contribution in [0.2, 0.25) is 0 Å². The van der Waals surface area contributed by atoms with Crippen LogP contribution in [0.25, 0.3) is 0 Å². The van der Waals surface area contributed by atoms with E-state index in [2.05, 4.69) is 6.92 Å². The Labute approximate surface area is 161 Å². The zero-order valence-corrected chi connectivity index (χ0v) is 16.5. The molecule has 0 amide bonds. The average Bonchev–Trinajstić information content (AvgIpc) is 3.00. The lowest BCUT2D eigenvalue weighted by Crippen LogP contribution is -2.34. The molecule has 2 bridgehead atoms. The second-order valence-electron chi connectivity index (χ2n) is 8.78. The van der Waals surface area contributed by atoms with E-state index in [1.807, 2.05) is 6.92 Å². The van der Waals surface area contributed by atoms with Gasteiger partial charge < -0.3 is 14.2 Å². The SMILES string of the molecule is CCCCCC(CC)OC(=O)/C=C\C(=O)OC1CC2CC1C1CC3OC3C21. The summed E-state index contributed by atoms with van der Waals surface area (Å²) in [5.41, 5.74) is 0. The molecule has 1 heterocycles. The van der Waals surface area contributed by atoms with Gasteiger partial charge in [0.15, 0.2) is 0 Å². The van der Waals surface area contributed by atoms with E-state index in [1.54, 1.807) is 0 Å². The van der Waals surface area contributed by atoms with Crippen LogP contribution in [0.4, 0.5) is 0 Å². The first-order valence-electron chi connectivity index (χ1n) is 10.9. The van der Waals surface area contributed by atoms with Crippen LogP contribution < -0.4 is 0 Å². The highest BCUT2D eigenvalue weighted by molar-refractivity contribution is 5.91. The molecule has 0 aromatic carbocycles. The molecule has 4 aliphatic rings. The topological polar surface area (TPSA) is 65.1 Å². The number of hydrogen-bond acceptors (Lipinski definition) is 5. The van der Waals surface area contributed by atoms with Crippen LogP contribution in [-0.4, -0.2) is 36.4 Å². The lowest BCUT2D eigenvalue weighted by molar-refractivity contribution is -0.148. The fraction of sp³-hybridized carbons (Fsp3) is 0.818. The molecule has 8 atom stereocenters. The summed E-state index contributed by atoms with van der Waals surface area (Å²) in [7, 11) is 0. The molecule has 5 heteroatoms. The van der Waals surface area contributed by atoms with Crippen molar-refractivity contribution in [2.75, 3.05) is 0 Å². The summed E-state index contributed by atoms with van der Waals surface area (Å²) in [6.45, 7) is 4.17. The maximum atomic E-state index is 12.2. The van der Waals surface area contributed by atoms with Crippen molar-refractivity contribution in [3.63, 3.8) is 0 Å². The molecule has 1 saturated heterocycles. The third-order valence-corrected chi connectivity index (χ3v) is 7.17. The van der Waals surface area contributed by atoms with E-state index in [1.165, 1.54) is 18.6 Å². The summed E-state index contributed by atoms with van der Waals surface area (Å²) in [6, 6.07) is 0. The average molecular weight is 376 g/mol. The molecular weight excluding hydrogens is 344 g/mol. The van der Waals surface area contributed by atoms with E-state index < -0.39 is 11.9 Å². The van der Waals surface area contributed by atoms with Crippen molar-refractivity contribution in [3.8, 4) is 0 Å². The Balaban J connectivity index is 1.21. The number of ether oxygens (including phenoxy) is 3. The van der Waals surface area contributed by atoms with Crippen molar-refractivity contribution in [2.24, 2.45) is 23.7 Å². The monoisotopic (exact) mass is 376 g/mol.